The number of hydrogen-bond donors (Lipinski definition) is 1. The summed E-state index contributed by atoms with van der Waals surface area (Å²) in [5.41, 5.74) is 4.21. The first-order chi connectivity index (χ1) is 14.3. The Morgan fingerprint density at radius 2 is 1.31 bits per heavy atom. The molecule has 0 aliphatic rings. The standard InChI is InChI=1S/C26H18N2O/c29-26(21-14-13-18-7-1-2-8-19(18)15-21)28-27-17-22-16-20-9-3-4-10-23(20)25-12-6-5-11-24(22)25/h1-17H,(H,28,29)/b27-17+. The Balaban J connectivity index is 1.46. The highest BCUT2D eigenvalue weighted by molar-refractivity contribution is 6.14. The molecule has 0 atom stereocenters. The Labute approximate surface area is 168 Å². The second kappa shape index (κ2) is 7.21. The van der Waals surface area contributed by atoms with Crippen molar-refractivity contribution in [2.24, 2.45) is 5.10 Å². The number of nitrogens with zero attached hydrogens (tertiary/aromatic N) is 1. The molecule has 0 saturated heterocycles. The van der Waals surface area contributed by atoms with E-state index in [-0.39, 0.29) is 5.91 Å². The number of nitrogens with one attached hydrogen (secondary N) is 1. The summed E-state index contributed by atoms with van der Waals surface area (Å²) in [7, 11) is 0. The smallest absolute Gasteiger partial charge is 0.267 e. The monoisotopic (exact) mass is 374 g/mol. The van der Waals surface area contributed by atoms with Gasteiger partial charge in [0, 0.05) is 11.1 Å². The molecule has 1 amide bonds. The Morgan fingerprint density at radius 1 is 0.655 bits per heavy atom. The van der Waals surface area contributed by atoms with Crippen molar-refractivity contribution in [3.8, 4) is 0 Å². The molecule has 0 heterocycles. The number of carbonyl (C=O) groups is 1. The molecule has 1 N–H and O–H groups in total. The normalized spacial score (nSPS) is 11.4. The molecule has 3 nitrogen and oxygen atoms in total. The fraction of sp³-hybridized carbons (Fsp3) is 0. The van der Waals surface area contributed by atoms with Crippen LogP contribution in [0.1, 0.15) is 15.9 Å². The summed E-state index contributed by atoms with van der Waals surface area (Å²) in [5.74, 6) is -0.225. The molecule has 3 heteroatoms. The van der Waals surface area contributed by atoms with Gasteiger partial charge in [-0.2, -0.15) is 5.10 Å². The number of fused-ring (bicyclic) bond motifs is 4. The molecule has 0 spiro atoms. The van der Waals surface area contributed by atoms with E-state index in [1.54, 1.807) is 6.21 Å². The second-order valence-electron chi connectivity index (χ2n) is 6.99. The van der Waals surface area contributed by atoms with Gasteiger partial charge in [-0.3, -0.25) is 4.79 Å². The van der Waals surface area contributed by atoms with Crippen LogP contribution in [0.4, 0.5) is 0 Å². The average molecular weight is 374 g/mol. The lowest BCUT2D eigenvalue weighted by molar-refractivity contribution is 0.0955. The summed E-state index contributed by atoms with van der Waals surface area (Å²) in [6, 6.07) is 32.3. The van der Waals surface area contributed by atoms with E-state index in [4.69, 9.17) is 0 Å². The molecule has 0 saturated carbocycles. The molecular weight excluding hydrogens is 356 g/mol. The molecule has 0 aliphatic heterocycles. The highest BCUT2D eigenvalue weighted by atomic mass is 16.2. The molecule has 138 valence electrons. The SMILES string of the molecule is O=C(N/N=C/c1cc2ccccc2c2ccccc12)c1ccc2ccccc2c1. The summed E-state index contributed by atoms with van der Waals surface area (Å²) < 4.78 is 0. The van der Waals surface area contributed by atoms with Crippen molar-refractivity contribution < 1.29 is 4.79 Å². The first-order valence-corrected chi connectivity index (χ1v) is 9.52. The van der Waals surface area contributed by atoms with Gasteiger partial charge in [-0.1, -0.05) is 78.9 Å². The topological polar surface area (TPSA) is 41.5 Å². The predicted octanol–water partition coefficient (Wildman–Crippen LogP) is 5.91. The van der Waals surface area contributed by atoms with E-state index in [1.807, 2.05) is 66.7 Å². The van der Waals surface area contributed by atoms with Gasteiger partial charge in [-0.25, -0.2) is 5.43 Å². The molecule has 0 radical (unpaired) electrons. The van der Waals surface area contributed by atoms with Crippen LogP contribution in [-0.4, -0.2) is 12.1 Å². The van der Waals surface area contributed by atoms with E-state index >= 15 is 0 Å². The fourth-order valence-electron chi connectivity index (χ4n) is 3.75. The van der Waals surface area contributed by atoms with Crippen LogP contribution in [-0.2, 0) is 0 Å². The van der Waals surface area contributed by atoms with Crippen molar-refractivity contribution in [1.82, 2.24) is 5.43 Å². The number of amides is 1. The number of rotatable bonds is 3. The summed E-state index contributed by atoms with van der Waals surface area (Å²) in [6.07, 6.45) is 1.72. The molecule has 0 fully saturated rings. The van der Waals surface area contributed by atoms with Gasteiger partial charge in [0.05, 0.1) is 6.21 Å². The van der Waals surface area contributed by atoms with Crippen LogP contribution in [0.2, 0.25) is 0 Å². The van der Waals surface area contributed by atoms with E-state index in [9.17, 15) is 4.79 Å². The highest BCUT2D eigenvalue weighted by Gasteiger charge is 2.07. The zero-order valence-electron chi connectivity index (χ0n) is 15.7. The van der Waals surface area contributed by atoms with Gasteiger partial charge >= 0.3 is 0 Å². The van der Waals surface area contributed by atoms with E-state index in [0.29, 0.717) is 5.56 Å². The Kier molecular flexibility index (Phi) is 4.26. The molecule has 5 rings (SSSR count). The van der Waals surface area contributed by atoms with Gasteiger partial charge in [-0.05, 0) is 50.5 Å². The number of hydrogen-bond acceptors (Lipinski definition) is 2. The van der Waals surface area contributed by atoms with E-state index in [2.05, 4.69) is 40.9 Å². The van der Waals surface area contributed by atoms with Crippen LogP contribution < -0.4 is 5.43 Å². The first-order valence-electron chi connectivity index (χ1n) is 9.52. The highest BCUT2D eigenvalue weighted by Crippen LogP contribution is 2.27. The largest absolute Gasteiger partial charge is 0.271 e. The van der Waals surface area contributed by atoms with Crippen molar-refractivity contribution in [1.29, 1.82) is 0 Å². The Bertz CT molecular complexity index is 1400. The lowest BCUT2D eigenvalue weighted by Crippen LogP contribution is -2.17. The lowest BCUT2D eigenvalue weighted by Gasteiger charge is -2.07. The van der Waals surface area contributed by atoms with Crippen LogP contribution in [0.5, 0.6) is 0 Å². The summed E-state index contributed by atoms with van der Waals surface area (Å²) >= 11 is 0. The summed E-state index contributed by atoms with van der Waals surface area (Å²) in [5, 5.41) is 11.0. The fourth-order valence-corrected chi connectivity index (χ4v) is 3.75. The number of benzene rings is 5. The zero-order valence-corrected chi connectivity index (χ0v) is 15.7. The minimum Gasteiger partial charge on any atom is -0.267 e. The van der Waals surface area contributed by atoms with Crippen molar-refractivity contribution in [2.45, 2.75) is 0 Å². The van der Waals surface area contributed by atoms with Crippen molar-refractivity contribution in [3.05, 3.63) is 108 Å². The Hall–Kier alpha value is -3.98. The van der Waals surface area contributed by atoms with Crippen LogP contribution in [0, 0.1) is 0 Å². The van der Waals surface area contributed by atoms with Gasteiger partial charge < -0.3 is 0 Å². The van der Waals surface area contributed by atoms with Crippen molar-refractivity contribution in [2.75, 3.05) is 0 Å². The number of hydrazone groups is 1. The maximum Gasteiger partial charge on any atom is 0.271 e. The average Bonchev–Trinajstić information content (AvgIpc) is 2.78. The van der Waals surface area contributed by atoms with Gasteiger partial charge in [-0.15, -0.1) is 0 Å². The van der Waals surface area contributed by atoms with Crippen molar-refractivity contribution in [3.63, 3.8) is 0 Å². The van der Waals surface area contributed by atoms with E-state index in [0.717, 1.165) is 27.1 Å². The third-order valence-corrected chi connectivity index (χ3v) is 5.18. The van der Waals surface area contributed by atoms with Crippen LogP contribution in [0.3, 0.4) is 0 Å². The molecule has 29 heavy (non-hydrogen) atoms. The molecule has 0 bridgehead atoms. The molecule has 5 aromatic carbocycles. The maximum atomic E-state index is 12.5. The van der Waals surface area contributed by atoms with Gasteiger partial charge in [0.15, 0.2) is 0 Å². The quantitative estimate of drug-likeness (QED) is 0.238. The maximum absolute atomic E-state index is 12.5. The second-order valence-corrected chi connectivity index (χ2v) is 6.99. The minimum absolute atomic E-state index is 0.225. The lowest BCUT2D eigenvalue weighted by atomic mass is 9.98. The first kappa shape index (κ1) is 17.1. The third kappa shape index (κ3) is 3.23. The minimum atomic E-state index is -0.225. The van der Waals surface area contributed by atoms with Gasteiger partial charge in [0.2, 0.25) is 0 Å². The number of carbonyl (C=O) groups excluding carboxylic acids is 1. The predicted molar refractivity (Wildman–Crippen MR) is 120 cm³/mol. The van der Waals surface area contributed by atoms with E-state index in [1.165, 1.54) is 10.8 Å². The molecular formula is C26H18N2O. The molecule has 5 aromatic rings. The molecule has 0 aromatic heterocycles. The van der Waals surface area contributed by atoms with E-state index < -0.39 is 0 Å². The third-order valence-electron chi connectivity index (χ3n) is 5.18. The zero-order chi connectivity index (χ0) is 19.6. The summed E-state index contributed by atoms with van der Waals surface area (Å²) in [6.45, 7) is 0. The van der Waals surface area contributed by atoms with Crippen LogP contribution in [0.25, 0.3) is 32.3 Å². The Morgan fingerprint density at radius 3 is 2.14 bits per heavy atom. The van der Waals surface area contributed by atoms with Crippen LogP contribution in [0.15, 0.2) is 102 Å². The summed E-state index contributed by atoms with van der Waals surface area (Å²) in [4.78, 5) is 12.5. The van der Waals surface area contributed by atoms with Gasteiger partial charge in [0.25, 0.3) is 5.91 Å². The van der Waals surface area contributed by atoms with Crippen LogP contribution >= 0.6 is 0 Å². The van der Waals surface area contributed by atoms with Crippen molar-refractivity contribution >= 4 is 44.4 Å². The molecule has 0 aliphatic carbocycles. The molecule has 0 unspecified atom stereocenters. The van der Waals surface area contributed by atoms with Gasteiger partial charge in [0.1, 0.15) is 0 Å².